The molecule has 0 fully saturated rings. The lowest BCUT2D eigenvalue weighted by Crippen LogP contribution is -2.07. The molecular formula is C22H22ClNO. The Bertz CT molecular complexity index is 892. The quantitative estimate of drug-likeness (QED) is 0.494. The number of rotatable bonds is 5. The first-order chi connectivity index (χ1) is 12.0. The van der Waals surface area contributed by atoms with Crippen LogP contribution in [0.2, 0.25) is 5.02 Å². The van der Waals surface area contributed by atoms with E-state index in [9.17, 15) is 4.79 Å². The van der Waals surface area contributed by atoms with Gasteiger partial charge in [0.1, 0.15) is 0 Å². The molecule has 0 aliphatic heterocycles. The molecule has 2 aromatic carbocycles. The van der Waals surface area contributed by atoms with E-state index >= 15 is 0 Å². The van der Waals surface area contributed by atoms with Crippen LogP contribution in [0.15, 0.2) is 54.6 Å². The Morgan fingerprint density at radius 3 is 2.24 bits per heavy atom. The minimum atomic E-state index is 0.187. The molecule has 0 N–H and O–H groups in total. The van der Waals surface area contributed by atoms with E-state index in [1.165, 1.54) is 0 Å². The highest BCUT2D eigenvalue weighted by Gasteiger charge is 2.24. The SMILES string of the molecule is CCCC(=O)c1c(-c2ccccc2)c(C)c(-c2ccc(Cl)cc2)n1C. The molecule has 0 saturated heterocycles. The first kappa shape index (κ1) is 17.5. The van der Waals surface area contributed by atoms with Crippen LogP contribution >= 0.6 is 11.6 Å². The van der Waals surface area contributed by atoms with Gasteiger partial charge < -0.3 is 4.57 Å². The maximum absolute atomic E-state index is 12.9. The van der Waals surface area contributed by atoms with Gasteiger partial charge in [0.2, 0.25) is 0 Å². The van der Waals surface area contributed by atoms with Gasteiger partial charge in [0.15, 0.2) is 5.78 Å². The van der Waals surface area contributed by atoms with Crippen molar-refractivity contribution in [3.8, 4) is 22.4 Å². The third-order valence-corrected chi connectivity index (χ3v) is 4.81. The predicted octanol–water partition coefficient (Wildman–Crippen LogP) is 6.30. The third-order valence-electron chi connectivity index (χ3n) is 4.56. The number of benzene rings is 2. The summed E-state index contributed by atoms with van der Waals surface area (Å²) in [5.74, 6) is 0.187. The molecule has 1 aromatic heterocycles. The second-order valence-corrected chi connectivity index (χ2v) is 6.74. The molecule has 2 nitrogen and oxygen atoms in total. The Morgan fingerprint density at radius 2 is 1.64 bits per heavy atom. The van der Waals surface area contributed by atoms with Crippen LogP contribution in [0.1, 0.15) is 35.8 Å². The van der Waals surface area contributed by atoms with Crippen molar-refractivity contribution in [3.05, 3.63) is 70.9 Å². The number of hydrogen-bond acceptors (Lipinski definition) is 1. The van der Waals surface area contributed by atoms with Crippen LogP contribution in [0.3, 0.4) is 0 Å². The van der Waals surface area contributed by atoms with E-state index in [0.29, 0.717) is 11.4 Å². The Morgan fingerprint density at radius 1 is 1.00 bits per heavy atom. The summed E-state index contributed by atoms with van der Waals surface area (Å²) in [4.78, 5) is 12.9. The molecule has 0 amide bonds. The van der Waals surface area contributed by atoms with E-state index in [4.69, 9.17) is 11.6 Å². The molecule has 1 heterocycles. The van der Waals surface area contributed by atoms with Crippen LogP contribution in [0.25, 0.3) is 22.4 Å². The second kappa shape index (κ2) is 7.28. The van der Waals surface area contributed by atoms with Gasteiger partial charge in [-0.15, -0.1) is 0 Å². The van der Waals surface area contributed by atoms with Gasteiger partial charge in [-0.25, -0.2) is 0 Å². The summed E-state index contributed by atoms with van der Waals surface area (Å²) >= 11 is 6.04. The number of carbonyl (C=O) groups is 1. The number of hydrogen-bond donors (Lipinski definition) is 0. The lowest BCUT2D eigenvalue weighted by Gasteiger charge is -2.09. The molecule has 128 valence electrons. The van der Waals surface area contributed by atoms with Crippen molar-refractivity contribution in [2.24, 2.45) is 7.05 Å². The highest BCUT2D eigenvalue weighted by molar-refractivity contribution is 6.30. The fourth-order valence-electron chi connectivity index (χ4n) is 3.47. The zero-order chi connectivity index (χ0) is 18.0. The van der Waals surface area contributed by atoms with Gasteiger partial charge in [0.05, 0.1) is 11.4 Å². The van der Waals surface area contributed by atoms with Gasteiger partial charge in [0.25, 0.3) is 0 Å². The molecular weight excluding hydrogens is 330 g/mol. The molecule has 3 aromatic rings. The topological polar surface area (TPSA) is 22.0 Å². The zero-order valence-corrected chi connectivity index (χ0v) is 15.6. The summed E-state index contributed by atoms with van der Waals surface area (Å²) < 4.78 is 2.04. The standard InChI is InChI=1S/C22H22ClNO/c1-4-8-19(25)22-20(16-9-6-5-7-10-16)15(2)21(24(22)3)17-11-13-18(23)14-12-17/h5-7,9-14H,4,8H2,1-3H3. The van der Waals surface area contributed by atoms with Crippen molar-refractivity contribution in [2.75, 3.05) is 0 Å². The van der Waals surface area contributed by atoms with Crippen molar-refractivity contribution < 1.29 is 4.79 Å². The van der Waals surface area contributed by atoms with Crippen LogP contribution in [0.4, 0.5) is 0 Å². The number of ketones is 1. The molecule has 0 unspecified atom stereocenters. The fourth-order valence-corrected chi connectivity index (χ4v) is 3.60. The smallest absolute Gasteiger partial charge is 0.179 e. The van der Waals surface area contributed by atoms with Gasteiger partial charge in [-0.3, -0.25) is 4.79 Å². The number of aromatic nitrogens is 1. The summed E-state index contributed by atoms with van der Waals surface area (Å²) in [6.45, 7) is 4.13. The summed E-state index contributed by atoms with van der Waals surface area (Å²) in [5.41, 5.74) is 6.15. The summed E-state index contributed by atoms with van der Waals surface area (Å²) in [7, 11) is 1.98. The molecule has 0 radical (unpaired) electrons. The molecule has 0 bridgehead atoms. The fraction of sp³-hybridized carbons (Fsp3) is 0.227. The molecule has 3 heteroatoms. The number of nitrogens with zero attached hydrogens (tertiary/aromatic N) is 1. The van der Waals surface area contributed by atoms with Crippen LogP contribution in [0, 0.1) is 6.92 Å². The Kier molecular flexibility index (Phi) is 5.10. The summed E-state index contributed by atoms with van der Waals surface area (Å²) in [5, 5.41) is 0.709. The monoisotopic (exact) mass is 351 g/mol. The Balaban J connectivity index is 2.28. The lowest BCUT2D eigenvalue weighted by atomic mass is 9.97. The third kappa shape index (κ3) is 3.27. The van der Waals surface area contributed by atoms with Crippen LogP contribution in [-0.2, 0) is 7.05 Å². The van der Waals surface area contributed by atoms with Gasteiger partial charge in [-0.1, -0.05) is 61.0 Å². The van der Waals surface area contributed by atoms with Gasteiger partial charge in [0, 0.05) is 24.1 Å². The van der Waals surface area contributed by atoms with Gasteiger partial charge in [-0.05, 0) is 42.2 Å². The highest BCUT2D eigenvalue weighted by Crippen LogP contribution is 2.38. The average molecular weight is 352 g/mol. The van der Waals surface area contributed by atoms with E-state index < -0.39 is 0 Å². The minimum absolute atomic E-state index is 0.187. The van der Waals surface area contributed by atoms with Crippen molar-refractivity contribution in [1.29, 1.82) is 0 Å². The molecule has 0 atom stereocenters. The Hall–Kier alpha value is -2.32. The van der Waals surface area contributed by atoms with Crippen molar-refractivity contribution in [1.82, 2.24) is 4.57 Å². The van der Waals surface area contributed by atoms with Crippen molar-refractivity contribution >= 4 is 17.4 Å². The van der Waals surface area contributed by atoms with E-state index in [1.54, 1.807) is 0 Å². The van der Waals surface area contributed by atoms with E-state index in [0.717, 1.165) is 40.1 Å². The number of halogens is 1. The van der Waals surface area contributed by atoms with Crippen molar-refractivity contribution in [3.63, 3.8) is 0 Å². The van der Waals surface area contributed by atoms with E-state index in [-0.39, 0.29) is 5.78 Å². The molecule has 0 aliphatic rings. The maximum atomic E-state index is 12.9. The molecule has 0 saturated carbocycles. The molecule has 25 heavy (non-hydrogen) atoms. The van der Waals surface area contributed by atoms with Crippen molar-refractivity contribution in [2.45, 2.75) is 26.7 Å². The lowest BCUT2D eigenvalue weighted by molar-refractivity contribution is 0.0974. The predicted molar refractivity (Wildman–Crippen MR) is 105 cm³/mol. The summed E-state index contributed by atoms with van der Waals surface area (Å²) in [6.07, 6.45) is 1.39. The largest absolute Gasteiger partial charge is 0.340 e. The average Bonchev–Trinajstić information content (AvgIpc) is 2.87. The van der Waals surface area contributed by atoms with Crippen LogP contribution in [-0.4, -0.2) is 10.4 Å². The molecule has 0 aliphatic carbocycles. The molecule has 0 spiro atoms. The Labute approximate surface area is 154 Å². The minimum Gasteiger partial charge on any atom is -0.340 e. The van der Waals surface area contributed by atoms with Gasteiger partial charge in [-0.2, -0.15) is 0 Å². The number of carbonyl (C=O) groups excluding carboxylic acids is 1. The second-order valence-electron chi connectivity index (χ2n) is 6.30. The maximum Gasteiger partial charge on any atom is 0.179 e. The van der Waals surface area contributed by atoms with E-state index in [2.05, 4.69) is 19.1 Å². The van der Waals surface area contributed by atoms with Crippen LogP contribution in [0.5, 0.6) is 0 Å². The number of Topliss-reactive ketones (excluding diaryl/α,β-unsaturated/α-hetero) is 1. The first-order valence-electron chi connectivity index (χ1n) is 8.58. The van der Waals surface area contributed by atoms with Crippen LogP contribution < -0.4 is 0 Å². The van der Waals surface area contributed by atoms with Gasteiger partial charge >= 0.3 is 0 Å². The highest BCUT2D eigenvalue weighted by atomic mass is 35.5. The van der Waals surface area contributed by atoms with E-state index in [1.807, 2.05) is 61.0 Å². The zero-order valence-electron chi connectivity index (χ0n) is 14.8. The normalized spacial score (nSPS) is 10.9. The first-order valence-corrected chi connectivity index (χ1v) is 8.96. The molecule has 3 rings (SSSR count). The summed E-state index contributed by atoms with van der Waals surface area (Å²) in [6, 6.07) is 17.9.